The minimum atomic E-state index is -1.07. The molecule has 0 radical (unpaired) electrons. The molecule has 0 amide bonds. The predicted molar refractivity (Wildman–Crippen MR) is 69.0 cm³/mol. The average Bonchev–Trinajstić information content (AvgIpc) is 2.42. The fourth-order valence-corrected chi connectivity index (χ4v) is 2.40. The molecule has 0 unspecified atom stereocenters. The second-order valence-electron chi connectivity index (χ2n) is 4.28. The number of carboxylic acid groups (broad SMARTS) is 1. The van der Waals surface area contributed by atoms with E-state index >= 15 is 0 Å². The summed E-state index contributed by atoms with van der Waals surface area (Å²) < 4.78 is 0. The van der Waals surface area contributed by atoms with Crippen LogP contribution in [0.1, 0.15) is 24.5 Å². The van der Waals surface area contributed by atoms with E-state index in [1.807, 2.05) is 67.6 Å². The Balaban J connectivity index is 0.00000180. The van der Waals surface area contributed by atoms with Crippen LogP contribution in [0.4, 0.5) is 0 Å². The molecule has 0 fully saturated rings. The Hall–Kier alpha value is -1.09. The van der Waals surface area contributed by atoms with Crippen molar-refractivity contribution < 1.29 is 39.5 Å². The molecule has 2 rings (SSSR count). The molecule has 0 aromatic heterocycles. The zero-order valence-corrected chi connectivity index (χ0v) is 13.3. The monoisotopic (exact) mass is 262 g/mol. The Bertz CT molecular complexity index is 483. The summed E-state index contributed by atoms with van der Waals surface area (Å²) in [6, 6.07) is 18.5. The van der Waals surface area contributed by atoms with Crippen LogP contribution in [0.25, 0.3) is 0 Å². The van der Waals surface area contributed by atoms with Gasteiger partial charge in [-0.25, -0.2) is 0 Å². The van der Waals surface area contributed by atoms with Crippen LogP contribution >= 0.6 is 0 Å². The minimum Gasteiger partial charge on any atom is -0.549 e. The van der Waals surface area contributed by atoms with Gasteiger partial charge in [-0.15, -0.1) is 0 Å². The van der Waals surface area contributed by atoms with Crippen molar-refractivity contribution in [2.24, 2.45) is 0 Å². The second kappa shape index (κ2) is 6.90. The van der Waals surface area contributed by atoms with Crippen LogP contribution in [-0.4, -0.2) is 5.97 Å². The largest absolute Gasteiger partial charge is 1.00 e. The van der Waals surface area contributed by atoms with Crippen molar-refractivity contribution >= 4 is 5.97 Å². The normalized spacial score (nSPS) is 10.6. The summed E-state index contributed by atoms with van der Waals surface area (Å²) in [5.74, 6) is -1.05. The molecule has 0 N–H and O–H groups in total. The maximum absolute atomic E-state index is 11.7. The van der Waals surface area contributed by atoms with E-state index in [0.717, 1.165) is 11.1 Å². The van der Waals surface area contributed by atoms with Gasteiger partial charge >= 0.3 is 29.6 Å². The van der Waals surface area contributed by atoms with Crippen molar-refractivity contribution in [3.63, 3.8) is 0 Å². The maximum Gasteiger partial charge on any atom is 1.00 e. The molecule has 2 aromatic carbocycles. The van der Waals surface area contributed by atoms with Crippen molar-refractivity contribution in [3.05, 3.63) is 71.8 Å². The van der Waals surface area contributed by atoms with Crippen LogP contribution in [0.2, 0.25) is 0 Å². The molecule has 0 atom stereocenters. The molecular formula is C16H15NaO2. The SMILES string of the molecule is CCC(C(=O)[O-])(c1ccccc1)c1ccccc1.[Na+]. The van der Waals surface area contributed by atoms with Gasteiger partial charge in [-0.05, 0) is 17.5 Å². The van der Waals surface area contributed by atoms with E-state index < -0.39 is 11.4 Å². The van der Waals surface area contributed by atoms with E-state index in [1.165, 1.54) is 0 Å². The van der Waals surface area contributed by atoms with Crippen LogP contribution in [-0.2, 0) is 10.2 Å². The summed E-state index contributed by atoms with van der Waals surface area (Å²) >= 11 is 0. The third kappa shape index (κ3) is 2.92. The molecule has 3 heteroatoms. The van der Waals surface area contributed by atoms with Gasteiger partial charge < -0.3 is 9.90 Å². The predicted octanol–water partition coefficient (Wildman–Crippen LogP) is -0.863. The molecule has 0 saturated heterocycles. The van der Waals surface area contributed by atoms with Crippen molar-refractivity contribution in [2.75, 3.05) is 0 Å². The maximum atomic E-state index is 11.7. The van der Waals surface area contributed by atoms with Gasteiger partial charge in [-0.2, -0.15) is 0 Å². The minimum absolute atomic E-state index is 0. The number of benzene rings is 2. The topological polar surface area (TPSA) is 40.1 Å². The zero-order valence-electron chi connectivity index (χ0n) is 11.3. The third-order valence-electron chi connectivity index (χ3n) is 3.41. The first kappa shape index (κ1) is 16.0. The standard InChI is InChI=1S/C16H16O2.Na/c1-2-16(15(17)18,13-9-5-3-6-10-13)14-11-7-4-8-12-14;/h3-12H,2H2,1H3,(H,17,18);/q;+1/p-1. The van der Waals surface area contributed by atoms with Crippen LogP contribution in [0.5, 0.6) is 0 Å². The molecule has 19 heavy (non-hydrogen) atoms. The van der Waals surface area contributed by atoms with Crippen molar-refractivity contribution in [1.82, 2.24) is 0 Å². The van der Waals surface area contributed by atoms with E-state index in [9.17, 15) is 9.90 Å². The van der Waals surface area contributed by atoms with Crippen molar-refractivity contribution in [2.45, 2.75) is 18.8 Å². The Kier molecular flexibility index (Phi) is 5.80. The summed E-state index contributed by atoms with van der Waals surface area (Å²) in [6.45, 7) is 1.87. The molecule has 0 spiro atoms. The number of carbonyl (C=O) groups excluding carboxylic acids is 1. The average molecular weight is 262 g/mol. The van der Waals surface area contributed by atoms with Gasteiger partial charge in [0.1, 0.15) is 0 Å². The van der Waals surface area contributed by atoms with Gasteiger partial charge in [-0.1, -0.05) is 67.6 Å². The number of hydrogen-bond donors (Lipinski definition) is 0. The van der Waals surface area contributed by atoms with Gasteiger partial charge in [0.05, 0.1) is 11.4 Å². The zero-order chi connectivity index (χ0) is 13.0. The first-order valence-electron chi connectivity index (χ1n) is 6.04. The molecule has 0 aliphatic rings. The Morgan fingerprint density at radius 3 is 1.58 bits per heavy atom. The summed E-state index contributed by atoms with van der Waals surface area (Å²) in [4.78, 5) is 11.7. The van der Waals surface area contributed by atoms with Crippen LogP contribution in [0.3, 0.4) is 0 Å². The molecule has 0 aliphatic heterocycles. The molecular weight excluding hydrogens is 247 g/mol. The van der Waals surface area contributed by atoms with Gasteiger partial charge in [-0.3, -0.25) is 0 Å². The molecule has 0 bridgehead atoms. The molecule has 0 heterocycles. The molecule has 92 valence electrons. The second-order valence-corrected chi connectivity index (χ2v) is 4.28. The fraction of sp³-hybridized carbons (Fsp3) is 0.188. The van der Waals surface area contributed by atoms with Gasteiger partial charge in [0, 0.05) is 0 Å². The molecule has 2 nitrogen and oxygen atoms in total. The molecule has 0 saturated carbocycles. The van der Waals surface area contributed by atoms with Crippen LogP contribution < -0.4 is 34.7 Å². The van der Waals surface area contributed by atoms with E-state index in [0.29, 0.717) is 6.42 Å². The Morgan fingerprint density at radius 2 is 1.32 bits per heavy atom. The van der Waals surface area contributed by atoms with E-state index in [4.69, 9.17) is 0 Å². The first-order chi connectivity index (χ1) is 8.71. The quantitative estimate of drug-likeness (QED) is 0.673. The van der Waals surface area contributed by atoms with E-state index in [2.05, 4.69) is 0 Å². The van der Waals surface area contributed by atoms with Gasteiger partial charge in [0.2, 0.25) is 0 Å². The summed E-state index contributed by atoms with van der Waals surface area (Å²) in [7, 11) is 0. The Morgan fingerprint density at radius 1 is 0.947 bits per heavy atom. The number of carboxylic acids is 1. The van der Waals surface area contributed by atoms with Crippen molar-refractivity contribution in [1.29, 1.82) is 0 Å². The molecule has 0 aliphatic carbocycles. The number of rotatable bonds is 4. The summed E-state index contributed by atoms with van der Waals surface area (Å²) in [6.07, 6.45) is 0.462. The van der Waals surface area contributed by atoms with E-state index in [-0.39, 0.29) is 29.6 Å². The molecule has 2 aromatic rings. The van der Waals surface area contributed by atoms with E-state index in [1.54, 1.807) is 0 Å². The van der Waals surface area contributed by atoms with Crippen LogP contribution in [0, 0.1) is 0 Å². The first-order valence-corrected chi connectivity index (χ1v) is 6.04. The number of aliphatic carboxylic acids is 1. The smallest absolute Gasteiger partial charge is 0.549 e. The third-order valence-corrected chi connectivity index (χ3v) is 3.41. The van der Waals surface area contributed by atoms with Gasteiger partial charge in [0.15, 0.2) is 0 Å². The number of carbonyl (C=O) groups is 1. The fourth-order valence-electron chi connectivity index (χ4n) is 2.40. The summed E-state index contributed by atoms with van der Waals surface area (Å²) in [5, 5.41) is 11.7. The Labute approximate surface area is 135 Å². The van der Waals surface area contributed by atoms with Crippen molar-refractivity contribution in [3.8, 4) is 0 Å². The van der Waals surface area contributed by atoms with Crippen LogP contribution in [0.15, 0.2) is 60.7 Å². The number of hydrogen-bond acceptors (Lipinski definition) is 2. The van der Waals surface area contributed by atoms with Gasteiger partial charge in [0.25, 0.3) is 0 Å². The summed E-state index contributed by atoms with van der Waals surface area (Å²) in [5.41, 5.74) is 0.458.